The molecule has 1 aromatic heterocycles. The van der Waals surface area contributed by atoms with Gasteiger partial charge in [-0.25, -0.2) is 0 Å². The Morgan fingerprint density at radius 2 is 2.44 bits per heavy atom. The summed E-state index contributed by atoms with van der Waals surface area (Å²) in [6.07, 6.45) is 7.05. The number of pyridine rings is 1. The van der Waals surface area contributed by atoms with E-state index in [0.717, 1.165) is 24.5 Å². The van der Waals surface area contributed by atoms with Crippen LogP contribution < -0.4 is 5.32 Å². The van der Waals surface area contributed by atoms with Gasteiger partial charge in [0.15, 0.2) is 0 Å². The lowest BCUT2D eigenvalue weighted by Gasteiger charge is -2.02. The molecular weight excluding hydrogens is 198 g/mol. The van der Waals surface area contributed by atoms with Crippen molar-refractivity contribution in [2.75, 3.05) is 6.54 Å². The summed E-state index contributed by atoms with van der Waals surface area (Å²) in [5, 5.41) is 3.28. The highest BCUT2D eigenvalue weighted by Crippen LogP contribution is 1.91. The number of rotatable bonds is 6. The molecule has 0 aromatic carbocycles. The maximum Gasteiger partial charge on any atom is 0.0541 e. The Hall–Kier alpha value is -1.74. The van der Waals surface area contributed by atoms with Gasteiger partial charge in [0.25, 0.3) is 0 Å². The summed E-state index contributed by atoms with van der Waals surface area (Å²) in [5.41, 5.74) is 2.07. The summed E-state index contributed by atoms with van der Waals surface area (Å²) in [4.78, 5) is 8.45. The minimum atomic E-state index is 0.762. The maximum atomic E-state index is 4.23. The molecule has 1 N–H and O–H groups in total. The monoisotopic (exact) mass is 215 g/mol. The second-order valence-electron chi connectivity index (χ2n) is 3.37. The summed E-state index contributed by atoms with van der Waals surface area (Å²) in [6, 6.07) is 5.89. The molecule has 1 heterocycles. The molecule has 0 aliphatic carbocycles. The van der Waals surface area contributed by atoms with Crippen molar-refractivity contribution in [2.24, 2.45) is 4.99 Å². The quantitative estimate of drug-likeness (QED) is 0.584. The zero-order valence-corrected chi connectivity index (χ0v) is 9.56. The first-order valence-corrected chi connectivity index (χ1v) is 5.24. The molecule has 3 nitrogen and oxygen atoms in total. The van der Waals surface area contributed by atoms with Crippen LogP contribution >= 0.6 is 0 Å². The van der Waals surface area contributed by atoms with E-state index in [2.05, 4.69) is 21.9 Å². The molecule has 1 aromatic rings. The van der Waals surface area contributed by atoms with E-state index in [9.17, 15) is 0 Å². The molecule has 1 rings (SSSR count). The van der Waals surface area contributed by atoms with Crippen molar-refractivity contribution >= 4 is 5.71 Å². The molecule has 0 saturated heterocycles. The van der Waals surface area contributed by atoms with Crippen molar-refractivity contribution in [1.29, 1.82) is 0 Å². The third kappa shape index (κ3) is 5.22. The zero-order chi connectivity index (χ0) is 11.6. The first kappa shape index (κ1) is 12.3. The van der Waals surface area contributed by atoms with E-state index in [1.807, 2.05) is 31.2 Å². The van der Waals surface area contributed by atoms with E-state index in [0.29, 0.717) is 0 Å². The summed E-state index contributed by atoms with van der Waals surface area (Å²) in [6.45, 7) is 7.09. The first-order chi connectivity index (χ1) is 7.83. The van der Waals surface area contributed by atoms with Gasteiger partial charge in [0.05, 0.1) is 5.69 Å². The number of hydrogen-bond acceptors (Lipinski definition) is 3. The van der Waals surface area contributed by atoms with Gasteiger partial charge >= 0.3 is 0 Å². The van der Waals surface area contributed by atoms with Gasteiger partial charge in [-0.3, -0.25) is 9.98 Å². The van der Waals surface area contributed by atoms with Crippen LogP contribution in [0.1, 0.15) is 12.6 Å². The summed E-state index contributed by atoms with van der Waals surface area (Å²) < 4.78 is 0. The molecule has 0 spiro atoms. The predicted octanol–water partition coefficient (Wildman–Crippen LogP) is 2.33. The van der Waals surface area contributed by atoms with E-state index >= 15 is 0 Å². The van der Waals surface area contributed by atoms with Crippen LogP contribution in [-0.2, 0) is 6.54 Å². The van der Waals surface area contributed by atoms with E-state index in [1.165, 1.54) is 0 Å². The lowest BCUT2D eigenvalue weighted by molar-refractivity contribution is 0.753. The van der Waals surface area contributed by atoms with Crippen molar-refractivity contribution in [3.05, 3.63) is 55.0 Å². The molecule has 0 fully saturated rings. The second-order valence-corrected chi connectivity index (χ2v) is 3.37. The van der Waals surface area contributed by atoms with Gasteiger partial charge in [0.2, 0.25) is 0 Å². The Morgan fingerprint density at radius 3 is 3.12 bits per heavy atom. The van der Waals surface area contributed by atoms with Gasteiger partial charge in [-0.2, -0.15) is 0 Å². The molecule has 0 amide bonds. The third-order valence-corrected chi connectivity index (χ3v) is 1.93. The smallest absolute Gasteiger partial charge is 0.0541 e. The molecule has 84 valence electrons. The van der Waals surface area contributed by atoms with Gasteiger partial charge in [-0.15, -0.1) is 0 Å². The molecule has 0 atom stereocenters. The number of nitrogens with one attached hydrogen (secondary N) is 1. The van der Waals surface area contributed by atoms with E-state index < -0.39 is 0 Å². The Kier molecular flexibility index (Phi) is 5.81. The first-order valence-electron chi connectivity index (χ1n) is 5.24. The van der Waals surface area contributed by atoms with Gasteiger partial charge in [0, 0.05) is 31.2 Å². The van der Waals surface area contributed by atoms with E-state index in [4.69, 9.17) is 0 Å². The Morgan fingerprint density at radius 1 is 1.56 bits per heavy atom. The number of hydrogen-bond donors (Lipinski definition) is 1. The third-order valence-electron chi connectivity index (χ3n) is 1.93. The largest absolute Gasteiger partial charge is 0.306 e. The molecule has 16 heavy (non-hydrogen) atoms. The van der Waals surface area contributed by atoms with E-state index in [-0.39, 0.29) is 0 Å². The molecule has 0 unspecified atom stereocenters. The van der Waals surface area contributed by atoms with Crippen LogP contribution in [0.15, 0.2) is 54.3 Å². The number of aromatic nitrogens is 1. The molecule has 0 bridgehead atoms. The summed E-state index contributed by atoms with van der Waals surface area (Å²) >= 11 is 0. The Labute approximate surface area is 96.6 Å². The standard InChI is InChI=1S/C13H17N3/c1-3-4-8-15-12(2)10-14-11-13-7-5-6-9-16-13/h3-9,14H,1,10-11H2,2H3/b8-4-,15-12+. The lowest BCUT2D eigenvalue weighted by atomic mass is 10.3. The molecular formula is C13H17N3. The fourth-order valence-electron chi connectivity index (χ4n) is 1.15. The average molecular weight is 215 g/mol. The number of nitrogens with zero attached hydrogens (tertiary/aromatic N) is 2. The highest BCUT2D eigenvalue weighted by molar-refractivity contribution is 5.84. The second kappa shape index (κ2) is 7.54. The van der Waals surface area contributed by atoms with Crippen LogP contribution in [-0.4, -0.2) is 17.2 Å². The SMILES string of the molecule is C=C/C=C\N=C(/C)CNCc1ccccn1. The van der Waals surface area contributed by atoms with Crippen LogP contribution in [0, 0.1) is 0 Å². The number of aliphatic imine (C=N–C) groups is 1. The normalized spacial score (nSPS) is 11.9. The van der Waals surface area contributed by atoms with Crippen molar-refractivity contribution in [3.63, 3.8) is 0 Å². The van der Waals surface area contributed by atoms with Gasteiger partial charge in [-0.1, -0.05) is 18.7 Å². The zero-order valence-electron chi connectivity index (χ0n) is 9.56. The van der Waals surface area contributed by atoms with Crippen molar-refractivity contribution in [2.45, 2.75) is 13.5 Å². The van der Waals surface area contributed by atoms with Crippen molar-refractivity contribution in [3.8, 4) is 0 Å². The van der Waals surface area contributed by atoms with Crippen LogP contribution in [0.25, 0.3) is 0 Å². The van der Waals surface area contributed by atoms with Crippen LogP contribution in [0.2, 0.25) is 0 Å². The van der Waals surface area contributed by atoms with Gasteiger partial charge < -0.3 is 5.32 Å². The van der Waals surface area contributed by atoms with Gasteiger partial charge in [0.1, 0.15) is 0 Å². The highest BCUT2D eigenvalue weighted by Gasteiger charge is 1.93. The van der Waals surface area contributed by atoms with Crippen molar-refractivity contribution < 1.29 is 0 Å². The lowest BCUT2D eigenvalue weighted by Crippen LogP contribution is -2.20. The van der Waals surface area contributed by atoms with E-state index in [1.54, 1.807) is 18.5 Å². The van der Waals surface area contributed by atoms with Gasteiger partial charge in [-0.05, 0) is 25.1 Å². The van der Waals surface area contributed by atoms with Crippen LogP contribution in [0.4, 0.5) is 0 Å². The Balaban J connectivity index is 2.28. The molecule has 0 aliphatic rings. The predicted molar refractivity (Wildman–Crippen MR) is 68.4 cm³/mol. The molecule has 3 heteroatoms. The van der Waals surface area contributed by atoms with Crippen molar-refractivity contribution in [1.82, 2.24) is 10.3 Å². The van der Waals surface area contributed by atoms with Crippen LogP contribution in [0.5, 0.6) is 0 Å². The molecule has 0 radical (unpaired) electrons. The summed E-state index contributed by atoms with van der Waals surface area (Å²) in [5.74, 6) is 0. The minimum Gasteiger partial charge on any atom is -0.306 e. The Bertz CT molecular complexity index is 366. The fraction of sp³-hybridized carbons (Fsp3) is 0.231. The van der Waals surface area contributed by atoms with Crippen LogP contribution in [0.3, 0.4) is 0 Å². The maximum absolute atomic E-state index is 4.23. The highest BCUT2D eigenvalue weighted by atomic mass is 14.9. The minimum absolute atomic E-state index is 0.762. The summed E-state index contributed by atoms with van der Waals surface area (Å²) in [7, 11) is 0. The molecule has 0 saturated carbocycles. The topological polar surface area (TPSA) is 37.3 Å². The average Bonchev–Trinajstić information content (AvgIpc) is 2.31. The number of allylic oxidation sites excluding steroid dienone is 2. The fourth-order valence-corrected chi connectivity index (χ4v) is 1.15. The molecule has 0 aliphatic heterocycles.